The first-order valence-corrected chi connectivity index (χ1v) is 15.9. The number of fused-ring (bicyclic) bond motifs is 5. The highest BCUT2D eigenvalue weighted by Crippen LogP contribution is 2.68. The molecule has 0 spiro atoms. The molecule has 4 saturated carbocycles. The normalized spacial score (nSPS) is 40.7. The smallest absolute Gasteiger partial charge is 0.308 e. The number of hydrogen-bond acceptors (Lipinski definition) is 2. The van der Waals surface area contributed by atoms with Crippen molar-refractivity contribution in [3.05, 3.63) is 0 Å². The van der Waals surface area contributed by atoms with Crippen LogP contribution in [-0.4, -0.2) is 12.1 Å². The number of hydrogen-bond donors (Lipinski definition) is 0. The van der Waals surface area contributed by atoms with Gasteiger partial charge >= 0.3 is 5.97 Å². The van der Waals surface area contributed by atoms with Crippen LogP contribution in [-0.2, 0) is 9.53 Å². The van der Waals surface area contributed by atoms with Gasteiger partial charge in [0, 0.05) is 0 Å². The molecule has 4 fully saturated rings. The predicted octanol–water partition coefficient (Wildman–Crippen LogP) is 10.1. The minimum Gasteiger partial charge on any atom is -0.462 e. The number of rotatable bonds is 6. The van der Waals surface area contributed by atoms with Crippen LogP contribution in [0.25, 0.3) is 0 Å². The first-order chi connectivity index (χ1) is 16.7. The van der Waals surface area contributed by atoms with E-state index in [1.54, 1.807) is 0 Å². The Bertz CT molecular complexity index is 641. The highest BCUT2D eigenvalue weighted by Gasteiger charge is 2.60. The molecule has 0 aromatic heterocycles. The number of ether oxygens (including phenoxy) is 1. The van der Waals surface area contributed by atoms with Crippen LogP contribution in [0, 0.1) is 52.3 Å². The van der Waals surface area contributed by atoms with Gasteiger partial charge in [-0.05, 0) is 104 Å². The molecule has 0 N–H and O–H groups in total. The van der Waals surface area contributed by atoms with Gasteiger partial charge in [-0.25, -0.2) is 0 Å². The maximum absolute atomic E-state index is 12.2. The Hall–Kier alpha value is -0.530. The third-order valence-electron chi connectivity index (χ3n) is 11.1. The monoisotopic (exact) mass is 490 g/mol. The van der Waals surface area contributed by atoms with Crippen LogP contribution in [0.2, 0.25) is 0 Å². The highest BCUT2D eigenvalue weighted by molar-refractivity contribution is 5.71. The van der Waals surface area contributed by atoms with Crippen LogP contribution in [0.3, 0.4) is 0 Å². The second-order valence-electron chi connectivity index (χ2n) is 13.0. The van der Waals surface area contributed by atoms with Crippen molar-refractivity contribution in [3.63, 3.8) is 0 Å². The lowest BCUT2D eigenvalue weighted by molar-refractivity contribution is -0.165. The third kappa shape index (κ3) is 6.14. The van der Waals surface area contributed by atoms with Crippen molar-refractivity contribution < 1.29 is 9.53 Å². The van der Waals surface area contributed by atoms with Crippen LogP contribution >= 0.6 is 0 Å². The largest absolute Gasteiger partial charge is 0.462 e. The maximum Gasteiger partial charge on any atom is 0.308 e. The zero-order valence-corrected chi connectivity index (χ0v) is 25.4. The lowest BCUT2D eigenvalue weighted by Crippen LogP contribution is -2.54. The van der Waals surface area contributed by atoms with Gasteiger partial charge in [0.2, 0.25) is 0 Å². The third-order valence-corrected chi connectivity index (χ3v) is 11.1. The minimum absolute atomic E-state index is 0.00454. The molecule has 206 valence electrons. The van der Waals surface area contributed by atoms with E-state index in [9.17, 15) is 4.79 Å². The Morgan fingerprint density at radius 2 is 1.49 bits per heavy atom. The molecule has 0 saturated heterocycles. The maximum atomic E-state index is 12.2. The van der Waals surface area contributed by atoms with Crippen LogP contribution in [0.15, 0.2) is 0 Å². The summed E-state index contributed by atoms with van der Waals surface area (Å²) in [7, 11) is 0. The Morgan fingerprint density at radius 3 is 2.11 bits per heavy atom. The first kappa shape index (κ1) is 30.7. The Labute approximate surface area is 220 Å². The van der Waals surface area contributed by atoms with E-state index in [1.807, 2.05) is 41.5 Å². The molecule has 2 heteroatoms. The van der Waals surface area contributed by atoms with Crippen molar-refractivity contribution in [3.8, 4) is 0 Å². The SMILES string of the molecule is CC.CC.CCCCC(C)C1CCC2C3CCC4CC(OC(=O)C(C)C)CCC4(C)C3CCC12C. The fraction of sp³-hybridized carbons (Fsp3) is 0.970. The van der Waals surface area contributed by atoms with Gasteiger partial charge in [-0.3, -0.25) is 4.79 Å². The van der Waals surface area contributed by atoms with E-state index in [4.69, 9.17) is 4.74 Å². The summed E-state index contributed by atoms with van der Waals surface area (Å²) < 4.78 is 5.90. The van der Waals surface area contributed by atoms with Crippen LogP contribution in [0.1, 0.15) is 146 Å². The molecule has 2 nitrogen and oxygen atoms in total. The van der Waals surface area contributed by atoms with Gasteiger partial charge in [0.1, 0.15) is 6.10 Å². The average molecular weight is 491 g/mol. The number of carbonyl (C=O) groups is 1. The second-order valence-corrected chi connectivity index (χ2v) is 13.0. The van der Waals surface area contributed by atoms with Gasteiger partial charge in [0.05, 0.1) is 5.92 Å². The Morgan fingerprint density at radius 1 is 0.857 bits per heavy atom. The summed E-state index contributed by atoms with van der Waals surface area (Å²) >= 11 is 0. The molecule has 0 radical (unpaired) electrons. The minimum atomic E-state index is -0.00454. The van der Waals surface area contributed by atoms with Crippen LogP contribution in [0.4, 0.5) is 0 Å². The van der Waals surface area contributed by atoms with Crippen molar-refractivity contribution >= 4 is 5.97 Å². The lowest BCUT2D eigenvalue weighted by atomic mass is 9.44. The zero-order chi connectivity index (χ0) is 26.4. The van der Waals surface area contributed by atoms with E-state index in [1.165, 1.54) is 64.2 Å². The molecule has 0 aromatic carbocycles. The number of unbranched alkanes of at least 4 members (excludes halogenated alkanes) is 1. The molecule has 0 amide bonds. The molecule has 4 aliphatic carbocycles. The molecule has 0 bridgehead atoms. The molecule has 9 unspecified atom stereocenters. The van der Waals surface area contributed by atoms with Crippen molar-refractivity contribution in [1.82, 2.24) is 0 Å². The summed E-state index contributed by atoms with van der Waals surface area (Å²) in [5, 5.41) is 0. The van der Waals surface area contributed by atoms with E-state index < -0.39 is 0 Å². The van der Waals surface area contributed by atoms with E-state index in [0.29, 0.717) is 10.8 Å². The summed E-state index contributed by atoms with van der Waals surface area (Å²) in [5.74, 6) is 5.47. The van der Waals surface area contributed by atoms with Crippen molar-refractivity contribution in [2.75, 3.05) is 0 Å². The van der Waals surface area contributed by atoms with Gasteiger partial charge in [0.25, 0.3) is 0 Å². The molecule has 0 aromatic rings. The number of carbonyl (C=O) groups excluding carboxylic acids is 1. The summed E-state index contributed by atoms with van der Waals surface area (Å²) in [6.45, 7) is 22.2. The van der Waals surface area contributed by atoms with E-state index in [-0.39, 0.29) is 18.0 Å². The van der Waals surface area contributed by atoms with Gasteiger partial charge in [-0.15, -0.1) is 0 Å². The summed E-state index contributed by atoms with van der Waals surface area (Å²) in [5.41, 5.74) is 1.08. The van der Waals surface area contributed by atoms with E-state index in [0.717, 1.165) is 48.3 Å². The molecule has 35 heavy (non-hydrogen) atoms. The van der Waals surface area contributed by atoms with E-state index >= 15 is 0 Å². The zero-order valence-electron chi connectivity index (χ0n) is 25.4. The predicted molar refractivity (Wildman–Crippen MR) is 151 cm³/mol. The number of esters is 1. The molecule has 0 heterocycles. The highest BCUT2D eigenvalue weighted by atomic mass is 16.5. The fourth-order valence-electron chi connectivity index (χ4n) is 9.33. The summed E-state index contributed by atoms with van der Waals surface area (Å²) in [6, 6.07) is 0. The summed E-state index contributed by atoms with van der Waals surface area (Å²) in [4.78, 5) is 12.2. The van der Waals surface area contributed by atoms with Crippen molar-refractivity contribution in [2.45, 2.75) is 152 Å². The van der Waals surface area contributed by atoms with Crippen molar-refractivity contribution in [1.29, 1.82) is 0 Å². The molecular formula is C33H62O2. The quantitative estimate of drug-likeness (QED) is 0.346. The Balaban J connectivity index is 0.00000103. The van der Waals surface area contributed by atoms with Crippen LogP contribution < -0.4 is 0 Å². The topological polar surface area (TPSA) is 26.3 Å². The van der Waals surface area contributed by atoms with Gasteiger partial charge in [-0.2, -0.15) is 0 Å². The van der Waals surface area contributed by atoms with Gasteiger partial charge < -0.3 is 4.74 Å². The van der Waals surface area contributed by atoms with E-state index in [2.05, 4.69) is 27.7 Å². The average Bonchev–Trinajstić information content (AvgIpc) is 3.22. The fourth-order valence-corrected chi connectivity index (χ4v) is 9.33. The van der Waals surface area contributed by atoms with Gasteiger partial charge in [-0.1, -0.05) is 88.5 Å². The molecule has 4 aliphatic rings. The molecule has 9 atom stereocenters. The lowest BCUT2D eigenvalue weighted by Gasteiger charge is -2.61. The second kappa shape index (κ2) is 13.3. The first-order valence-electron chi connectivity index (χ1n) is 15.9. The standard InChI is InChI=1S/C29H50O2.2C2H6/c1-7-8-9-20(4)24-12-13-25-23-11-10-21-18-22(31-27(30)19(2)3)14-16-28(21,5)26(23)15-17-29(24,25)6;2*1-2/h19-26H,7-18H2,1-6H3;2*1-2H3. The van der Waals surface area contributed by atoms with Gasteiger partial charge in [0.15, 0.2) is 0 Å². The van der Waals surface area contributed by atoms with Crippen LogP contribution in [0.5, 0.6) is 0 Å². The van der Waals surface area contributed by atoms with Crippen molar-refractivity contribution in [2.24, 2.45) is 52.3 Å². The molecule has 0 aliphatic heterocycles. The molecular weight excluding hydrogens is 428 g/mol. The Kier molecular flexibility index (Phi) is 11.7. The molecule has 4 rings (SSSR count). The summed E-state index contributed by atoms with van der Waals surface area (Å²) in [6.07, 6.45) is 16.6.